The summed E-state index contributed by atoms with van der Waals surface area (Å²) in [7, 11) is 1.54. The Morgan fingerprint density at radius 1 is 1.15 bits per heavy atom. The maximum Gasteiger partial charge on any atom is 0.228 e. The van der Waals surface area contributed by atoms with Crippen LogP contribution >= 0.6 is 0 Å². The number of anilines is 1. The average Bonchev–Trinajstić information content (AvgIpc) is 3.52. The molecule has 4 rings (SSSR count). The summed E-state index contributed by atoms with van der Waals surface area (Å²) in [6, 6.07) is 8.77. The Hall–Kier alpha value is -3.46. The molecule has 172 valence electrons. The highest BCUT2D eigenvalue weighted by atomic mass is 19.1. The van der Waals surface area contributed by atoms with Crippen LogP contribution in [0, 0.1) is 30.3 Å². The van der Waals surface area contributed by atoms with E-state index in [-0.39, 0.29) is 18.9 Å². The smallest absolute Gasteiger partial charge is 0.228 e. The largest absolute Gasteiger partial charge is 0.489 e. The van der Waals surface area contributed by atoms with Crippen LogP contribution in [0.2, 0.25) is 0 Å². The van der Waals surface area contributed by atoms with Crippen LogP contribution in [0.3, 0.4) is 0 Å². The summed E-state index contributed by atoms with van der Waals surface area (Å²) in [4.78, 5) is 21.4. The van der Waals surface area contributed by atoms with Gasteiger partial charge in [0.05, 0.1) is 31.0 Å². The van der Waals surface area contributed by atoms with Gasteiger partial charge in [-0.3, -0.25) is 4.79 Å². The molecule has 0 radical (unpaired) electrons. The second-order valence-corrected chi connectivity index (χ2v) is 7.98. The molecule has 2 aromatic carbocycles. The highest BCUT2D eigenvalue weighted by Crippen LogP contribution is 2.55. The predicted molar refractivity (Wildman–Crippen MR) is 114 cm³/mol. The number of ether oxygens (including phenoxy) is 2. The van der Waals surface area contributed by atoms with Gasteiger partial charge >= 0.3 is 0 Å². The Morgan fingerprint density at radius 3 is 2.58 bits per heavy atom. The minimum absolute atomic E-state index is 0.0890. The van der Waals surface area contributed by atoms with Gasteiger partial charge in [-0.05, 0) is 43.2 Å². The number of carbonyl (C=O) groups excluding carboxylic acids is 1. The molecule has 1 N–H and O–H groups in total. The highest BCUT2D eigenvalue weighted by Gasteiger charge is 2.60. The molecule has 1 aliphatic rings. The number of benzene rings is 2. The molecule has 0 unspecified atom stereocenters. The van der Waals surface area contributed by atoms with Crippen molar-refractivity contribution >= 4 is 11.6 Å². The van der Waals surface area contributed by atoms with E-state index in [0.29, 0.717) is 35.3 Å². The fourth-order valence-electron chi connectivity index (χ4n) is 3.88. The van der Waals surface area contributed by atoms with Crippen LogP contribution < -0.4 is 10.1 Å². The number of rotatable bonds is 8. The molecular formula is C24H22F3N3O3. The minimum atomic E-state index is -0.867. The van der Waals surface area contributed by atoms with Crippen molar-refractivity contribution in [1.29, 1.82) is 0 Å². The van der Waals surface area contributed by atoms with Crippen molar-refractivity contribution < 1.29 is 27.4 Å². The van der Waals surface area contributed by atoms with Crippen LogP contribution in [-0.4, -0.2) is 29.6 Å². The summed E-state index contributed by atoms with van der Waals surface area (Å²) in [6.45, 7) is 2.06. The Balaban J connectivity index is 1.57. The van der Waals surface area contributed by atoms with E-state index in [1.165, 1.54) is 25.3 Å². The van der Waals surface area contributed by atoms with Gasteiger partial charge in [0, 0.05) is 18.6 Å². The molecule has 0 aliphatic heterocycles. The first kappa shape index (κ1) is 22.7. The van der Waals surface area contributed by atoms with Crippen molar-refractivity contribution in [2.75, 3.05) is 19.0 Å². The lowest BCUT2D eigenvalue weighted by Gasteiger charge is -2.20. The van der Waals surface area contributed by atoms with Gasteiger partial charge in [-0.1, -0.05) is 12.1 Å². The molecule has 0 spiro atoms. The van der Waals surface area contributed by atoms with Gasteiger partial charge in [0.15, 0.2) is 5.75 Å². The van der Waals surface area contributed by atoms with Gasteiger partial charge in [0.1, 0.15) is 29.0 Å². The van der Waals surface area contributed by atoms with Gasteiger partial charge in [-0.2, -0.15) is 0 Å². The third-order valence-electron chi connectivity index (χ3n) is 5.72. The molecule has 33 heavy (non-hydrogen) atoms. The van der Waals surface area contributed by atoms with E-state index in [4.69, 9.17) is 9.47 Å². The SMILES string of the molecule is COCc1nc(C)ncc1OC[C@@]1(c2ccc(F)cc2)C[C@H]1C(=O)Nc1ccc(F)cc1F. The zero-order chi connectivity index (χ0) is 23.6. The average molecular weight is 457 g/mol. The summed E-state index contributed by atoms with van der Waals surface area (Å²) in [5, 5.41) is 2.52. The van der Waals surface area contributed by atoms with E-state index in [1.54, 1.807) is 25.3 Å². The summed E-state index contributed by atoms with van der Waals surface area (Å²) in [5.41, 5.74) is 0.402. The molecule has 1 heterocycles. The van der Waals surface area contributed by atoms with Crippen LogP contribution in [0.4, 0.5) is 18.9 Å². The van der Waals surface area contributed by atoms with E-state index in [1.807, 2.05) is 0 Å². The molecular weight excluding hydrogens is 435 g/mol. The van der Waals surface area contributed by atoms with Crippen LogP contribution in [-0.2, 0) is 21.6 Å². The Labute approximate surface area is 188 Å². The first-order valence-electron chi connectivity index (χ1n) is 10.3. The molecule has 9 heteroatoms. The van der Waals surface area contributed by atoms with Crippen molar-refractivity contribution in [2.45, 2.75) is 25.4 Å². The number of nitrogens with one attached hydrogen (secondary N) is 1. The van der Waals surface area contributed by atoms with E-state index < -0.39 is 34.7 Å². The molecule has 1 saturated carbocycles. The number of nitrogens with zero attached hydrogens (tertiary/aromatic N) is 2. The van der Waals surface area contributed by atoms with E-state index >= 15 is 0 Å². The molecule has 3 aromatic rings. The van der Waals surface area contributed by atoms with Gasteiger partial charge in [-0.15, -0.1) is 0 Å². The fourth-order valence-corrected chi connectivity index (χ4v) is 3.88. The lowest BCUT2D eigenvalue weighted by molar-refractivity contribution is -0.117. The maximum absolute atomic E-state index is 14.0. The van der Waals surface area contributed by atoms with Crippen molar-refractivity contribution in [1.82, 2.24) is 9.97 Å². The topological polar surface area (TPSA) is 73.3 Å². The number of methoxy groups -OCH3 is 1. The van der Waals surface area contributed by atoms with Crippen LogP contribution in [0.15, 0.2) is 48.7 Å². The maximum atomic E-state index is 14.0. The first-order chi connectivity index (χ1) is 15.8. The number of hydrogen-bond acceptors (Lipinski definition) is 5. The van der Waals surface area contributed by atoms with E-state index in [9.17, 15) is 18.0 Å². The van der Waals surface area contributed by atoms with Crippen LogP contribution in [0.5, 0.6) is 5.75 Å². The number of carbonyl (C=O) groups is 1. The van der Waals surface area contributed by atoms with E-state index in [0.717, 1.165) is 6.07 Å². The minimum Gasteiger partial charge on any atom is -0.489 e. The molecule has 1 fully saturated rings. The summed E-state index contributed by atoms with van der Waals surface area (Å²) in [5.74, 6) is -2.03. The zero-order valence-electron chi connectivity index (χ0n) is 18.1. The molecule has 0 bridgehead atoms. The van der Waals surface area contributed by atoms with Crippen LogP contribution in [0.25, 0.3) is 0 Å². The number of aryl methyl sites for hydroxylation is 1. The third-order valence-corrected chi connectivity index (χ3v) is 5.72. The number of halogens is 3. The first-order valence-corrected chi connectivity index (χ1v) is 10.3. The van der Waals surface area contributed by atoms with Crippen molar-refractivity contribution in [3.8, 4) is 5.75 Å². The summed E-state index contributed by atoms with van der Waals surface area (Å²) in [6.07, 6.45) is 1.94. The van der Waals surface area contributed by atoms with Crippen molar-refractivity contribution in [2.24, 2.45) is 5.92 Å². The lowest BCUT2D eigenvalue weighted by Crippen LogP contribution is -2.27. The van der Waals surface area contributed by atoms with Gasteiger partial charge in [-0.25, -0.2) is 23.1 Å². The van der Waals surface area contributed by atoms with Gasteiger partial charge < -0.3 is 14.8 Å². The summed E-state index contributed by atoms with van der Waals surface area (Å²) < 4.78 is 51.9. The van der Waals surface area contributed by atoms with Crippen molar-refractivity contribution in [3.05, 3.63) is 83.2 Å². The highest BCUT2D eigenvalue weighted by molar-refractivity contribution is 5.96. The zero-order valence-corrected chi connectivity index (χ0v) is 18.1. The standard InChI is InChI=1S/C24H22F3N3O3/c1-14-28-11-22(21(29-14)12-32-2)33-13-24(15-3-5-16(25)6-4-15)10-18(24)23(31)30-20-8-7-17(26)9-19(20)27/h3-9,11,18H,10,12-13H2,1-2H3,(H,30,31)/t18-,24+/m0/s1. The normalized spacial score (nSPS) is 19.2. The molecule has 1 aliphatic carbocycles. The van der Waals surface area contributed by atoms with E-state index in [2.05, 4.69) is 15.3 Å². The molecule has 2 atom stereocenters. The van der Waals surface area contributed by atoms with Crippen LogP contribution in [0.1, 0.15) is 23.5 Å². The quantitative estimate of drug-likeness (QED) is 0.545. The van der Waals surface area contributed by atoms with Crippen molar-refractivity contribution in [3.63, 3.8) is 0 Å². The molecule has 1 amide bonds. The molecule has 6 nitrogen and oxygen atoms in total. The fraction of sp³-hybridized carbons (Fsp3) is 0.292. The second-order valence-electron chi connectivity index (χ2n) is 7.98. The number of amides is 1. The Bertz CT molecular complexity index is 1170. The second kappa shape index (κ2) is 9.19. The van der Waals surface area contributed by atoms with Gasteiger partial charge in [0.25, 0.3) is 0 Å². The predicted octanol–water partition coefficient (Wildman–Crippen LogP) is 4.32. The monoisotopic (exact) mass is 457 g/mol. The van der Waals surface area contributed by atoms with Gasteiger partial charge in [0.2, 0.25) is 5.91 Å². The third kappa shape index (κ3) is 4.83. The number of hydrogen-bond donors (Lipinski definition) is 1. The lowest BCUT2D eigenvalue weighted by atomic mass is 9.93. The summed E-state index contributed by atoms with van der Waals surface area (Å²) >= 11 is 0. The molecule has 1 aromatic heterocycles. The Kier molecular flexibility index (Phi) is 6.33. The molecule has 0 saturated heterocycles. The Morgan fingerprint density at radius 2 is 1.88 bits per heavy atom. The number of aromatic nitrogens is 2.